The average Bonchev–Trinajstić information content (AvgIpc) is 3.31. The molecule has 5 nitrogen and oxygen atoms in total. The van der Waals surface area contributed by atoms with Gasteiger partial charge in [-0.05, 0) is 29.3 Å². The summed E-state index contributed by atoms with van der Waals surface area (Å²) >= 11 is 1.54. The summed E-state index contributed by atoms with van der Waals surface area (Å²) in [7, 11) is 0. The number of hydrogen-bond acceptors (Lipinski definition) is 4. The summed E-state index contributed by atoms with van der Waals surface area (Å²) in [5.74, 6) is -0.0762. The van der Waals surface area contributed by atoms with E-state index in [2.05, 4.69) is 21.4 Å². The molecule has 2 heterocycles. The second-order valence-corrected chi connectivity index (χ2v) is 6.61. The first kappa shape index (κ1) is 15.5. The molecule has 0 spiro atoms. The van der Waals surface area contributed by atoms with Crippen LogP contribution in [0.3, 0.4) is 0 Å². The van der Waals surface area contributed by atoms with Gasteiger partial charge in [0.05, 0.1) is 22.1 Å². The number of benzene rings is 2. The molecule has 0 atom stereocenters. The lowest BCUT2D eigenvalue weighted by Gasteiger charge is -2.11. The predicted octanol–water partition coefficient (Wildman–Crippen LogP) is 3.47. The minimum absolute atomic E-state index is 0.0762. The highest BCUT2D eigenvalue weighted by Crippen LogP contribution is 2.19. The van der Waals surface area contributed by atoms with Crippen LogP contribution in [-0.4, -0.2) is 20.4 Å². The molecule has 2 aromatic heterocycles. The minimum atomic E-state index is -0.0762. The summed E-state index contributed by atoms with van der Waals surface area (Å²) in [6, 6.07) is 13.7. The number of thiazole rings is 1. The molecule has 4 rings (SSSR count). The fourth-order valence-electron chi connectivity index (χ4n) is 2.74. The van der Waals surface area contributed by atoms with E-state index in [4.69, 9.17) is 0 Å². The van der Waals surface area contributed by atoms with Crippen LogP contribution in [0, 0.1) is 0 Å². The van der Waals surface area contributed by atoms with E-state index < -0.39 is 0 Å². The largest absolute Gasteiger partial charge is 0.348 e. The number of carbonyl (C=O) groups excluding carboxylic acids is 1. The standard InChI is InChI=1S/C19H16N4OS/c24-19(14-5-6-17-18(9-14)25-13-22-17)21-10-15-3-1-2-4-16(15)11-23-8-7-20-12-23/h1-9,12-13H,10-11H2,(H,21,24). The highest BCUT2D eigenvalue weighted by molar-refractivity contribution is 7.16. The van der Waals surface area contributed by atoms with Crippen molar-refractivity contribution in [1.29, 1.82) is 0 Å². The van der Waals surface area contributed by atoms with Gasteiger partial charge in [0.25, 0.3) is 5.91 Å². The van der Waals surface area contributed by atoms with E-state index in [0.717, 1.165) is 22.3 Å². The van der Waals surface area contributed by atoms with E-state index in [1.54, 1.807) is 18.0 Å². The zero-order valence-corrected chi connectivity index (χ0v) is 14.2. The molecule has 0 saturated heterocycles. The normalized spacial score (nSPS) is 10.9. The van der Waals surface area contributed by atoms with E-state index in [9.17, 15) is 4.79 Å². The molecule has 0 radical (unpaired) electrons. The SMILES string of the molecule is O=C(NCc1ccccc1Cn1ccnc1)c1ccc2ncsc2c1. The van der Waals surface area contributed by atoms with Crippen LogP contribution in [0.4, 0.5) is 0 Å². The van der Waals surface area contributed by atoms with Gasteiger partial charge in [-0.15, -0.1) is 11.3 Å². The van der Waals surface area contributed by atoms with Crippen LogP contribution in [-0.2, 0) is 13.1 Å². The molecule has 1 N–H and O–H groups in total. The van der Waals surface area contributed by atoms with Gasteiger partial charge >= 0.3 is 0 Å². The molecule has 0 aliphatic heterocycles. The summed E-state index contributed by atoms with van der Waals surface area (Å²) < 4.78 is 3.03. The van der Waals surface area contributed by atoms with Gasteiger partial charge in [-0.25, -0.2) is 9.97 Å². The van der Waals surface area contributed by atoms with Gasteiger partial charge in [-0.1, -0.05) is 24.3 Å². The summed E-state index contributed by atoms with van der Waals surface area (Å²) in [5, 5.41) is 3.01. The molecule has 0 aliphatic carbocycles. The van der Waals surface area contributed by atoms with Crippen LogP contribution in [0.1, 0.15) is 21.5 Å². The Morgan fingerprint density at radius 3 is 2.88 bits per heavy atom. The third kappa shape index (κ3) is 3.44. The number of aromatic nitrogens is 3. The van der Waals surface area contributed by atoms with Crippen molar-refractivity contribution < 1.29 is 4.79 Å². The van der Waals surface area contributed by atoms with Gasteiger partial charge < -0.3 is 9.88 Å². The zero-order chi connectivity index (χ0) is 17.1. The number of carbonyl (C=O) groups is 1. The number of nitrogens with one attached hydrogen (secondary N) is 1. The molecule has 25 heavy (non-hydrogen) atoms. The lowest BCUT2D eigenvalue weighted by atomic mass is 10.1. The van der Waals surface area contributed by atoms with Crippen molar-refractivity contribution in [1.82, 2.24) is 19.9 Å². The van der Waals surface area contributed by atoms with Crippen molar-refractivity contribution in [3.8, 4) is 0 Å². The third-order valence-corrected chi connectivity index (χ3v) is 4.86. The number of imidazole rings is 1. The minimum Gasteiger partial charge on any atom is -0.348 e. The summed E-state index contributed by atoms with van der Waals surface area (Å²) in [6.45, 7) is 1.23. The maximum absolute atomic E-state index is 12.5. The number of hydrogen-bond donors (Lipinski definition) is 1. The third-order valence-electron chi connectivity index (χ3n) is 4.06. The quantitative estimate of drug-likeness (QED) is 0.601. The van der Waals surface area contributed by atoms with Crippen molar-refractivity contribution in [2.45, 2.75) is 13.1 Å². The Hall–Kier alpha value is -2.99. The van der Waals surface area contributed by atoms with Crippen LogP contribution >= 0.6 is 11.3 Å². The Labute approximate surface area is 149 Å². The molecule has 4 aromatic rings. The van der Waals surface area contributed by atoms with Gasteiger partial charge in [0.15, 0.2) is 0 Å². The van der Waals surface area contributed by atoms with Gasteiger partial charge in [-0.2, -0.15) is 0 Å². The van der Waals surface area contributed by atoms with Crippen molar-refractivity contribution >= 4 is 27.5 Å². The van der Waals surface area contributed by atoms with E-state index in [1.807, 2.05) is 47.2 Å². The fourth-order valence-corrected chi connectivity index (χ4v) is 3.45. The molecule has 0 bridgehead atoms. The lowest BCUT2D eigenvalue weighted by Crippen LogP contribution is -2.23. The van der Waals surface area contributed by atoms with E-state index in [-0.39, 0.29) is 5.91 Å². The van der Waals surface area contributed by atoms with E-state index in [1.165, 1.54) is 16.9 Å². The van der Waals surface area contributed by atoms with Crippen LogP contribution < -0.4 is 5.32 Å². The summed E-state index contributed by atoms with van der Waals surface area (Å²) in [4.78, 5) is 20.8. The maximum Gasteiger partial charge on any atom is 0.251 e. The highest BCUT2D eigenvalue weighted by Gasteiger charge is 2.09. The van der Waals surface area contributed by atoms with E-state index in [0.29, 0.717) is 12.1 Å². The summed E-state index contributed by atoms with van der Waals surface area (Å²) in [6.07, 6.45) is 5.49. The molecule has 0 saturated carbocycles. The number of nitrogens with zero attached hydrogens (tertiary/aromatic N) is 3. The van der Waals surface area contributed by atoms with Gasteiger partial charge in [0, 0.05) is 31.0 Å². The first-order valence-corrected chi connectivity index (χ1v) is 8.81. The van der Waals surface area contributed by atoms with Gasteiger partial charge in [0.2, 0.25) is 0 Å². The second kappa shape index (κ2) is 6.86. The topological polar surface area (TPSA) is 59.8 Å². The smallest absolute Gasteiger partial charge is 0.251 e. The fraction of sp³-hybridized carbons (Fsp3) is 0.105. The Balaban J connectivity index is 1.48. The molecule has 0 aliphatic rings. The number of fused-ring (bicyclic) bond motifs is 1. The summed E-state index contributed by atoms with van der Waals surface area (Å²) in [5.41, 5.74) is 5.64. The van der Waals surface area contributed by atoms with Gasteiger partial charge in [-0.3, -0.25) is 4.79 Å². The van der Waals surface area contributed by atoms with Crippen molar-refractivity contribution in [2.24, 2.45) is 0 Å². The van der Waals surface area contributed by atoms with Crippen molar-refractivity contribution in [2.75, 3.05) is 0 Å². The van der Waals surface area contributed by atoms with Crippen LogP contribution in [0.2, 0.25) is 0 Å². The first-order valence-electron chi connectivity index (χ1n) is 7.93. The lowest BCUT2D eigenvalue weighted by molar-refractivity contribution is 0.0951. The van der Waals surface area contributed by atoms with Gasteiger partial charge in [0.1, 0.15) is 0 Å². The van der Waals surface area contributed by atoms with Crippen molar-refractivity contribution in [3.63, 3.8) is 0 Å². The second-order valence-electron chi connectivity index (χ2n) is 5.72. The Kier molecular flexibility index (Phi) is 4.26. The molecule has 1 amide bonds. The molecular weight excluding hydrogens is 332 g/mol. The van der Waals surface area contributed by atoms with Crippen LogP contribution in [0.5, 0.6) is 0 Å². The molecule has 6 heteroatoms. The van der Waals surface area contributed by atoms with Crippen LogP contribution in [0.15, 0.2) is 66.7 Å². The Morgan fingerprint density at radius 1 is 1.16 bits per heavy atom. The monoisotopic (exact) mass is 348 g/mol. The number of amides is 1. The van der Waals surface area contributed by atoms with E-state index >= 15 is 0 Å². The average molecular weight is 348 g/mol. The molecule has 2 aromatic carbocycles. The Bertz CT molecular complexity index is 1010. The van der Waals surface area contributed by atoms with Crippen molar-refractivity contribution in [3.05, 3.63) is 83.4 Å². The highest BCUT2D eigenvalue weighted by atomic mass is 32.1. The molecular formula is C19H16N4OS. The van der Waals surface area contributed by atoms with Crippen LogP contribution in [0.25, 0.3) is 10.2 Å². The Morgan fingerprint density at radius 2 is 2.04 bits per heavy atom. The molecule has 124 valence electrons. The first-order chi connectivity index (χ1) is 12.3. The number of rotatable bonds is 5. The molecule has 0 fully saturated rings. The maximum atomic E-state index is 12.5. The predicted molar refractivity (Wildman–Crippen MR) is 98.6 cm³/mol. The zero-order valence-electron chi connectivity index (χ0n) is 13.4. The molecule has 0 unspecified atom stereocenters.